The van der Waals surface area contributed by atoms with Crippen molar-refractivity contribution >= 4 is 17.5 Å². The van der Waals surface area contributed by atoms with Crippen molar-refractivity contribution in [2.45, 2.75) is 31.1 Å². The van der Waals surface area contributed by atoms with E-state index in [1.54, 1.807) is 0 Å². The number of ketones is 1. The van der Waals surface area contributed by atoms with E-state index < -0.39 is 0 Å². The van der Waals surface area contributed by atoms with Gasteiger partial charge < -0.3 is 0 Å². The molecule has 0 spiro atoms. The third-order valence-corrected chi connectivity index (χ3v) is 4.41. The summed E-state index contributed by atoms with van der Waals surface area (Å²) >= 11 is 1.87. The van der Waals surface area contributed by atoms with Gasteiger partial charge in [-0.2, -0.15) is 0 Å². The highest BCUT2D eigenvalue weighted by molar-refractivity contribution is 7.99. The highest BCUT2D eigenvalue weighted by atomic mass is 32.2. The lowest BCUT2D eigenvalue weighted by molar-refractivity contribution is -0.117. The zero-order valence-electron chi connectivity index (χ0n) is 9.03. The van der Waals surface area contributed by atoms with Gasteiger partial charge in [0.2, 0.25) is 0 Å². The van der Waals surface area contributed by atoms with Crippen LogP contribution in [0.25, 0.3) is 0 Å². The average molecular weight is 220 g/mol. The van der Waals surface area contributed by atoms with Crippen LogP contribution < -0.4 is 0 Å². The van der Waals surface area contributed by atoms with Crippen molar-refractivity contribution in [2.24, 2.45) is 5.41 Å². The van der Waals surface area contributed by atoms with Crippen molar-refractivity contribution in [3.05, 3.63) is 30.3 Å². The fraction of sp³-hybridized carbons (Fsp3) is 0.462. The van der Waals surface area contributed by atoms with Crippen LogP contribution in [0.1, 0.15) is 26.2 Å². The van der Waals surface area contributed by atoms with Gasteiger partial charge in [0.05, 0.1) is 0 Å². The molecule has 15 heavy (non-hydrogen) atoms. The van der Waals surface area contributed by atoms with E-state index in [4.69, 9.17) is 0 Å². The van der Waals surface area contributed by atoms with Crippen LogP contribution in [-0.2, 0) is 4.79 Å². The summed E-state index contributed by atoms with van der Waals surface area (Å²) in [6.07, 6.45) is 2.62. The third-order valence-electron chi connectivity index (χ3n) is 2.96. The second kappa shape index (κ2) is 4.40. The summed E-state index contributed by atoms with van der Waals surface area (Å²) in [5, 5.41) is 0. The molecular weight excluding hydrogens is 204 g/mol. The molecule has 2 rings (SSSR count). The molecule has 1 aliphatic carbocycles. The first-order valence-corrected chi connectivity index (χ1v) is 6.36. The van der Waals surface area contributed by atoms with Gasteiger partial charge in [0.25, 0.3) is 0 Å². The van der Waals surface area contributed by atoms with Gasteiger partial charge in [0.1, 0.15) is 5.78 Å². The van der Waals surface area contributed by atoms with Crippen LogP contribution in [0.5, 0.6) is 0 Å². The molecule has 80 valence electrons. The highest BCUT2D eigenvalue weighted by Crippen LogP contribution is 2.39. The van der Waals surface area contributed by atoms with Crippen LogP contribution >= 0.6 is 11.8 Å². The van der Waals surface area contributed by atoms with Crippen LogP contribution in [0.3, 0.4) is 0 Å². The van der Waals surface area contributed by atoms with Crippen molar-refractivity contribution in [2.75, 3.05) is 5.75 Å². The third kappa shape index (κ3) is 2.85. The van der Waals surface area contributed by atoms with Crippen LogP contribution in [0, 0.1) is 5.41 Å². The van der Waals surface area contributed by atoms with E-state index >= 15 is 0 Å². The molecule has 0 aliphatic heterocycles. The lowest BCUT2D eigenvalue weighted by Gasteiger charge is -2.21. The summed E-state index contributed by atoms with van der Waals surface area (Å²) in [6.45, 7) is 2.23. The lowest BCUT2D eigenvalue weighted by atomic mass is 9.92. The second-order valence-corrected chi connectivity index (χ2v) is 5.68. The number of Topliss-reactive ketones (excluding diaryl/α,β-unsaturated/α-hetero) is 1. The predicted molar refractivity (Wildman–Crippen MR) is 64.1 cm³/mol. The molecule has 1 fully saturated rings. The molecule has 0 saturated heterocycles. The van der Waals surface area contributed by atoms with Crippen LogP contribution in [0.4, 0.5) is 0 Å². The number of carbonyl (C=O) groups is 1. The SMILES string of the molecule is C[C@]1(CSc2ccccc2)CCC(=O)C1. The molecule has 1 aromatic carbocycles. The van der Waals surface area contributed by atoms with E-state index in [1.807, 2.05) is 17.8 Å². The number of benzene rings is 1. The number of rotatable bonds is 3. The number of thioether (sulfide) groups is 1. The van der Waals surface area contributed by atoms with Crippen LogP contribution in [0.2, 0.25) is 0 Å². The van der Waals surface area contributed by atoms with E-state index in [2.05, 4.69) is 31.2 Å². The minimum Gasteiger partial charge on any atom is -0.300 e. The Morgan fingerprint density at radius 3 is 2.67 bits per heavy atom. The van der Waals surface area contributed by atoms with Crippen molar-refractivity contribution in [3.63, 3.8) is 0 Å². The molecule has 0 amide bonds. The normalized spacial score (nSPS) is 25.8. The molecule has 0 heterocycles. The quantitative estimate of drug-likeness (QED) is 0.725. The zero-order chi connectivity index (χ0) is 10.7. The second-order valence-electron chi connectivity index (χ2n) is 4.63. The van der Waals surface area contributed by atoms with Crippen LogP contribution in [-0.4, -0.2) is 11.5 Å². The average Bonchev–Trinajstić information content (AvgIpc) is 2.58. The molecule has 1 saturated carbocycles. The molecule has 1 aliphatic rings. The van der Waals surface area contributed by atoms with Crippen molar-refractivity contribution in [1.82, 2.24) is 0 Å². The van der Waals surface area contributed by atoms with Gasteiger partial charge in [-0.25, -0.2) is 0 Å². The first-order chi connectivity index (χ1) is 7.18. The summed E-state index contributed by atoms with van der Waals surface area (Å²) < 4.78 is 0. The summed E-state index contributed by atoms with van der Waals surface area (Å²) in [6, 6.07) is 10.4. The van der Waals surface area contributed by atoms with E-state index in [0.717, 1.165) is 25.0 Å². The predicted octanol–water partition coefficient (Wildman–Crippen LogP) is 3.54. The number of hydrogen-bond donors (Lipinski definition) is 0. The zero-order valence-corrected chi connectivity index (χ0v) is 9.85. The maximum atomic E-state index is 11.3. The standard InChI is InChI=1S/C13H16OS/c1-13(8-7-11(14)9-13)10-15-12-5-3-2-4-6-12/h2-6H,7-10H2,1H3/t13-/m0/s1. The first kappa shape index (κ1) is 10.7. The Hall–Kier alpha value is -0.760. The molecule has 1 aromatic rings. The highest BCUT2D eigenvalue weighted by Gasteiger charge is 2.33. The smallest absolute Gasteiger partial charge is 0.133 e. The minimum atomic E-state index is 0.234. The van der Waals surface area contributed by atoms with E-state index in [0.29, 0.717) is 5.78 Å². The molecule has 0 N–H and O–H groups in total. The molecular formula is C13H16OS. The van der Waals surface area contributed by atoms with Crippen molar-refractivity contribution in [1.29, 1.82) is 0 Å². The topological polar surface area (TPSA) is 17.1 Å². The Morgan fingerprint density at radius 1 is 1.33 bits per heavy atom. The maximum Gasteiger partial charge on any atom is 0.133 e. The van der Waals surface area contributed by atoms with Crippen LogP contribution in [0.15, 0.2) is 35.2 Å². The van der Waals surface area contributed by atoms with E-state index in [9.17, 15) is 4.79 Å². The first-order valence-electron chi connectivity index (χ1n) is 5.38. The van der Waals surface area contributed by atoms with Gasteiger partial charge in [0.15, 0.2) is 0 Å². The Kier molecular flexibility index (Phi) is 3.15. The Labute approximate surface area is 95.3 Å². The number of hydrogen-bond acceptors (Lipinski definition) is 2. The molecule has 2 heteroatoms. The molecule has 0 bridgehead atoms. The molecule has 0 unspecified atom stereocenters. The number of carbonyl (C=O) groups excluding carboxylic acids is 1. The van der Waals surface area contributed by atoms with Gasteiger partial charge in [0, 0.05) is 23.5 Å². The lowest BCUT2D eigenvalue weighted by Crippen LogP contribution is -2.15. The Morgan fingerprint density at radius 2 is 2.07 bits per heavy atom. The monoisotopic (exact) mass is 220 g/mol. The Balaban J connectivity index is 1.91. The molecule has 0 radical (unpaired) electrons. The largest absolute Gasteiger partial charge is 0.300 e. The summed E-state index contributed by atoms with van der Waals surface area (Å²) in [5.41, 5.74) is 0.234. The van der Waals surface area contributed by atoms with Gasteiger partial charge in [-0.05, 0) is 24.0 Å². The minimum absolute atomic E-state index is 0.234. The summed E-state index contributed by atoms with van der Waals surface area (Å²) in [7, 11) is 0. The molecule has 1 atom stereocenters. The fourth-order valence-electron chi connectivity index (χ4n) is 1.99. The fourth-order valence-corrected chi connectivity index (χ4v) is 3.10. The molecule has 0 aromatic heterocycles. The van der Waals surface area contributed by atoms with Gasteiger partial charge in [-0.3, -0.25) is 4.79 Å². The van der Waals surface area contributed by atoms with Crippen molar-refractivity contribution < 1.29 is 4.79 Å². The van der Waals surface area contributed by atoms with Gasteiger partial charge in [-0.15, -0.1) is 11.8 Å². The van der Waals surface area contributed by atoms with E-state index in [1.165, 1.54) is 4.90 Å². The molecule has 1 nitrogen and oxygen atoms in total. The van der Waals surface area contributed by atoms with Crippen molar-refractivity contribution in [3.8, 4) is 0 Å². The summed E-state index contributed by atoms with van der Waals surface area (Å²) in [4.78, 5) is 12.6. The maximum absolute atomic E-state index is 11.3. The van der Waals surface area contributed by atoms with Gasteiger partial charge >= 0.3 is 0 Å². The Bertz CT molecular complexity index is 347. The van der Waals surface area contributed by atoms with Gasteiger partial charge in [-0.1, -0.05) is 25.1 Å². The summed E-state index contributed by atoms with van der Waals surface area (Å²) in [5.74, 6) is 1.49. The van der Waals surface area contributed by atoms with E-state index in [-0.39, 0.29) is 5.41 Å².